The van der Waals surface area contributed by atoms with Crippen LogP contribution in [0.3, 0.4) is 0 Å². The molecule has 3 atom stereocenters. The molecule has 2 rings (SSSR count). The van der Waals surface area contributed by atoms with Crippen LogP contribution in [-0.4, -0.2) is 23.5 Å². The molecule has 3 unspecified atom stereocenters. The van der Waals surface area contributed by atoms with Crippen LogP contribution in [0, 0.1) is 11.8 Å². The third-order valence-corrected chi connectivity index (χ3v) is 3.68. The van der Waals surface area contributed by atoms with E-state index >= 15 is 0 Å². The zero-order valence-corrected chi connectivity index (χ0v) is 8.20. The zero-order valence-electron chi connectivity index (χ0n) is 8.20. The van der Waals surface area contributed by atoms with Crippen molar-refractivity contribution in [2.45, 2.75) is 38.6 Å². The van der Waals surface area contributed by atoms with Gasteiger partial charge in [0, 0.05) is 12.6 Å². The van der Waals surface area contributed by atoms with Crippen molar-refractivity contribution in [3.63, 3.8) is 0 Å². The first-order valence-electron chi connectivity index (χ1n) is 5.26. The van der Waals surface area contributed by atoms with E-state index in [4.69, 9.17) is 5.73 Å². The summed E-state index contributed by atoms with van der Waals surface area (Å²) in [5.74, 6) is 1.37. The Hall–Kier alpha value is -0.730. The number of likely N-dealkylation sites (tertiary alicyclic amines) is 1. The average Bonchev–Trinajstić information content (AvgIpc) is 2.45. The summed E-state index contributed by atoms with van der Waals surface area (Å²) in [4.78, 5) is 13.0. The molecule has 1 aliphatic carbocycles. The van der Waals surface area contributed by atoms with Gasteiger partial charge in [-0.1, -0.05) is 19.8 Å². The first-order chi connectivity index (χ1) is 6.20. The number of urea groups is 1. The number of nitrogens with two attached hydrogens (primary N) is 1. The maximum absolute atomic E-state index is 11.2. The standard InChI is InChI=1S/C10H18N2O/c1-7-6-12(10(11)13)9-5-3-2-4-8(7)9/h7-9H,2-6H2,1H3,(H2,11,13). The third-order valence-electron chi connectivity index (χ3n) is 3.68. The van der Waals surface area contributed by atoms with E-state index in [1.165, 1.54) is 19.3 Å². The number of carbonyl (C=O) groups is 1. The summed E-state index contributed by atoms with van der Waals surface area (Å²) in [5.41, 5.74) is 5.35. The van der Waals surface area contributed by atoms with E-state index in [0.717, 1.165) is 18.9 Å². The molecule has 0 aromatic heterocycles. The molecule has 2 amide bonds. The van der Waals surface area contributed by atoms with E-state index < -0.39 is 0 Å². The van der Waals surface area contributed by atoms with Crippen LogP contribution >= 0.6 is 0 Å². The van der Waals surface area contributed by atoms with Crippen molar-refractivity contribution in [2.75, 3.05) is 6.54 Å². The largest absolute Gasteiger partial charge is 0.351 e. The predicted octanol–water partition coefficient (Wildman–Crippen LogP) is 1.58. The lowest BCUT2D eigenvalue weighted by Crippen LogP contribution is -2.42. The Kier molecular flexibility index (Phi) is 2.18. The summed E-state index contributed by atoms with van der Waals surface area (Å²) < 4.78 is 0. The molecule has 74 valence electrons. The first-order valence-corrected chi connectivity index (χ1v) is 5.26. The molecule has 13 heavy (non-hydrogen) atoms. The minimum atomic E-state index is -0.221. The Morgan fingerprint density at radius 1 is 1.38 bits per heavy atom. The van der Waals surface area contributed by atoms with Crippen molar-refractivity contribution in [3.8, 4) is 0 Å². The second-order valence-electron chi connectivity index (χ2n) is 4.48. The molecule has 0 radical (unpaired) electrons. The quantitative estimate of drug-likeness (QED) is 0.607. The van der Waals surface area contributed by atoms with Crippen molar-refractivity contribution >= 4 is 6.03 Å². The van der Waals surface area contributed by atoms with Crippen molar-refractivity contribution in [1.82, 2.24) is 4.90 Å². The molecule has 2 aliphatic rings. The maximum atomic E-state index is 11.2. The van der Waals surface area contributed by atoms with Crippen molar-refractivity contribution in [1.29, 1.82) is 0 Å². The monoisotopic (exact) mass is 182 g/mol. The van der Waals surface area contributed by atoms with Crippen LogP contribution in [0.2, 0.25) is 0 Å². The minimum absolute atomic E-state index is 0.221. The van der Waals surface area contributed by atoms with Gasteiger partial charge >= 0.3 is 6.03 Å². The molecular formula is C10H18N2O. The molecular weight excluding hydrogens is 164 g/mol. The summed E-state index contributed by atoms with van der Waals surface area (Å²) in [6.07, 6.45) is 5.04. The molecule has 1 saturated carbocycles. The molecule has 0 spiro atoms. The molecule has 2 fully saturated rings. The summed E-state index contributed by atoms with van der Waals surface area (Å²) in [7, 11) is 0. The molecule has 0 bridgehead atoms. The van der Waals surface area contributed by atoms with Crippen LogP contribution in [0.5, 0.6) is 0 Å². The second kappa shape index (κ2) is 3.20. The Morgan fingerprint density at radius 3 is 2.77 bits per heavy atom. The van der Waals surface area contributed by atoms with E-state index in [9.17, 15) is 4.79 Å². The van der Waals surface area contributed by atoms with Crippen LogP contribution < -0.4 is 5.73 Å². The van der Waals surface area contributed by atoms with Gasteiger partial charge in [-0.05, 0) is 24.7 Å². The van der Waals surface area contributed by atoms with Crippen molar-refractivity contribution in [3.05, 3.63) is 0 Å². The van der Waals surface area contributed by atoms with E-state index in [2.05, 4.69) is 6.92 Å². The topological polar surface area (TPSA) is 46.3 Å². The van der Waals surface area contributed by atoms with Gasteiger partial charge in [-0.25, -0.2) is 4.79 Å². The highest BCUT2D eigenvalue weighted by molar-refractivity contribution is 5.72. The number of primary amides is 1. The Balaban J connectivity index is 2.12. The summed E-state index contributed by atoms with van der Waals surface area (Å²) >= 11 is 0. The molecule has 1 heterocycles. The molecule has 1 saturated heterocycles. The summed E-state index contributed by atoms with van der Waals surface area (Å²) in [5, 5.41) is 0. The average molecular weight is 182 g/mol. The fraction of sp³-hybridized carbons (Fsp3) is 0.900. The third kappa shape index (κ3) is 1.40. The Labute approximate surface area is 79.3 Å². The lowest BCUT2D eigenvalue weighted by atomic mass is 9.80. The van der Waals surface area contributed by atoms with Gasteiger partial charge < -0.3 is 10.6 Å². The number of fused-ring (bicyclic) bond motifs is 1. The van der Waals surface area contributed by atoms with Gasteiger partial charge in [0.1, 0.15) is 0 Å². The molecule has 2 N–H and O–H groups in total. The molecule has 1 aliphatic heterocycles. The van der Waals surface area contributed by atoms with Gasteiger partial charge in [0.2, 0.25) is 0 Å². The highest BCUT2D eigenvalue weighted by Crippen LogP contribution is 2.39. The van der Waals surface area contributed by atoms with Gasteiger partial charge in [0.15, 0.2) is 0 Å². The Bertz CT molecular complexity index is 217. The predicted molar refractivity (Wildman–Crippen MR) is 51.2 cm³/mol. The maximum Gasteiger partial charge on any atom is 0.315 e. The molecule has 0 aromatic rings. The van der Waals surface area contributed by atoms with Crippen LogP contribution in [0.15, 0.2) is 0 Å². The van der Waals surface area contributed by atoms with Gasteiger partial charge in [-0.2, -0.15) is 0 Å². The lowest BCUT2D eigenvalue weighted by molar-refractivity contribution is 0.177. The number of carbonyl (C=O) groups excluding carboxylic acids is 1. The van der Waals surface area contributed by atoms with Crippen LogP contribution in [0.4, 0.5) is 4.79 Å². The number of hydrogen-bond acceptors (Lipinski definition) is 1. The Morgan fingerprint density at radius 2 is 2.08 bits per heavy atom. The number of amides is 2. The highest BCUT2D eigenvalue weighted by Gasteiger charge is 2.41. The SMILES string of the molecule is CC1CN(C(N)=O)C2CCCCC12. The fourth-order valence-electron chi connectivity index (χ4n) is 3.03. The van der Waals surface area contributed by atoms with E-state index in [-0.39, 0.29) is 6.03 Å². The van der Waals surface area contributed by atoms with Gasteiger partial charge in [0.05, 0.1) is 0 Å². The van der Waals surface area contributed by atoms with Crippen molar-refractivity contribution < 1.29 is 4.79 Å². The fourth-order valence-corrected chi connectivity index (χ4v) is 3.03. The first kappa shape index (κ1) is 8.85. The molecule has 3 heteroatoms. The zero-order chi connectivity index (χ0) is 9.42. The van der Waals surface area contributed by atoms with Gasteiger partial charge in [-0.3, -0.25) is 0 Å². The molecule has 0 aromatic carbocycles. The van der Waals surface area contributed by atoms with Gasteiger partial charge in [-0.15, -0.1) is 0 Å². The summed E-state index contributed by atoms with van der Waals surface area (Å²) in [6.45, 7) is 3.12. The van der Waals surface area contributed by atoms with E-state index in [0.29, 0.717) is 12.0 Å². The number of nitrogens with zero attached hydrogens (tertiary/aromatic N) is 1. The van der Waals surface area contributed by atoms with Crippen molar-refractivity contribution in [2.24, 2.45) is 17.6 Å². The molecule has 3 nitrogen and oxygen atoms in total. The lowest BCUT2D eigenvalue weighted by Gasteiger charge is -2.31. The number of rotatable bonds is 0. The second-order valence-corrected chi connectivity index (χ2v) is 4.48. The van der Waals surface area contributed by atoms with E-state index in [1.54, 1.807) is 0 Å². The van der Waals surface area contributed by atoms with Gasteiger partial charge in [0.25, 0.3) is 0 Å². The van der Waals surface area contributed by atoms with E-state index in [1.807, 2.05) is 4.90 Å². The van der Waals surface area contributed by atoms with Crippen LogP contribution in [0.25, 0.3) is 0 Å². The van der Waals surface area contributed by atoms with Crippen LogP contribution in [-0.2, 0) is 0 Å². The van der Waals surface area contributed by atoms with Crippen LogP contribution in [0.1, 0.15) is 32.6 Å². The highest BCUT2D eigenvalue weighted by atomic mass is 16.2. The minimum Gasteiger partial charge on any atom is -0.351 e. The summed E-state index contributed by atoms with van der Waals surface area (Å²) in [6, 6.07) is 0.238. The smallest absolute Gasteiger partial charge is 0.315 e. The normalized spacial score (nSPS) is 38.8. The number of hydrogen-bond donors (Lipinski definition) is 1.